The van der Waals surface area contributed by atoms with Crippen molar-refractivity contribution in [1.82, 2.24) is 15.0 Å². The van der Waals surface area contributed by atoms with Crippen LogP contribution < -0.4 is 0 Å². The summed E-state index contributed by atoms with van der Waals surface area (Å²) in [5.74, 6) is 1.95. The molecule has 0 unspecified atom stereocenters. The zero-order chi connectivity index (χ0) is 35.8. The topological polar surface area (TPSA) is 38.7 Å². The Balaban J connectivity index is 1.07. The van der Waals surface area contributed by atoms with Crippen molar-refractivity contribution >= 4 is 5.57 Å². The monoisotopic (exact) mass is 679 g/mol. The molecule has 1 heterocycles. The summed E-state index contributed by atoms with van der Waals surface area (Å²) < 4.78 is 0. The third kappa shape index (κ3) is 6.39. The Morgan fingerprint density at radius 1 is 0.321 bits per heavy atom. The van der Waals surface area contributed by atoms with Gasteiger partial charge < -0.3 is 0 Å². The van der Waals surface area contributed by atoms with Gasteiger partial charge in [0.05, 0.1) is 0 Å². The number of fused-ring (bicyclic) bond motifs is 1. The van der Waals surface area contributed by atoms with Crippen molar-refractivity contribution in [1.29, 1.82) is 0 Å². The van der Waals surface area contributed by atoms with E-state index in [4.69, 9.17) is 15.0 Å². The molecular weight excluding hydrogens is 643 g/mol. The van der Waals surface area contributed by atoms with E-state index in [9.17, 15) is 0 Å². The maximum Gasteiger partial charge on any atom is 0.164 e. The normalized spacial score (nSPS) is 13.0. The largest absolute Gasteiger partial charge is 0.208 e. The number of allylic oxidation sites excluding steroid dienone is 1. The molecule has 7 aromatic carbocycles. The first-order valence-electron chi connectivity index (χ1n) is 18.1. The molecule has 3 nitrogen and oxygen atoms in total. The molecule has 53 heavy (non-hydrogen) atoms. The third-order valence-electron chi connectivity index (χ3n) is 10.1. The predicted molar refractivity (Wildman–Crippen MR) is 219 cm³/mol. The highest BCUT2D eigenvalue weighted by atomic mass is 15.0. The van der Waals surface area contributed by atoms with E-state index in [0.29, 0.717) is 17.5 Å². The highest BCUT2D eigenvalue weighted by Crippen LogP contribution is 2.45. The van der Waals surface area contributed by atoms with Crippen molar-refractivity contribution in [2.45, 2.75) is 19.3 Å². The fourth-order valence-electron chi connectivity index (χ4n) is 7.41. The van der Waals surface area contributed by atoms with Gasteiger partial charge in [-0.15, -0.1) is 0 Å². The minimum absolute atomic E-state index is 0.0525. The average Bonchev–Trinajstić information content (AvgIpc) is 3.51. The van der Waals surface area contributed by atoms with Crippen LogP contribution in [0.5, 0.6) is 0 Å². The molecule has 0 spiro atoms. The van der Waals surface area contributed by atoms with E-state index < -0.39 is 0 Å². The molecular formula is C50H37N3. The predicted octanol–water partition coefficient (Wildman–Crippen LogP) is 12.6. The van der Waals surface area contributed by atoms with E-state index in [2.05, 4.69) is 141 Å². The molecule has 0 saturated carbocycles. The summed E-state index contributed by atoms with van der Waals surface area (Å²) in [6.07, 6.45) is 2.43. The number of hydrogen-bond acceptors (Lipinski definition) is 3. The van der Waals surface area contributed by atoms with Crippen LogP contribution in [0.2, 0.25) is 0 Å². The molecule has 0 aliphatic heterocycles. The van der Waals surface area contributed by atoms with Gasteiger partial charge in [0, 0.05) is 22.1 Å². The van der Waals surface area contributed by atoms with Crippen LogP contribution >= 0.6 is 0 Å². The second kappa shape index (κ2) is 13.4. The van der Waals surface area contributed by atoms with Crippen LogP contribution in [0.1, 0.15) is 30.5 Å². The Morgan fingerprint density at radius 3 is 1.23 bits per heavy atom. The van der Waals surface area contributed by atoms with E-state index in [1.54, 1.807) is 0 Å². The van der Waals surface area contributed by atoms with Gasteiger partial charge in [0.2, 0.25) is 0 Å². The lowest BCUT2D eigenvalue weighted by atomic mass is 9.86. The van der Waals surface area contributed by atoms with Gasteiger partial charge >= 0.3 is 0 Å². The summed E-state index contributed by atoms with van der Waals surface area (Å²) in [6, 6.07) is 64.1. The zero-order valence-corrected chi connectivity index (χ0v) is 29.7. The summed E-state index contributed by atoms with van der Waals surface area (Å²) in [7, 11) is 0. The molecule has 8 aromatic rings. The number of nitrogens with zero attached hydrogens (tertiary/aromatic N) is 3. The van der Waals surface area contributed by atoms with Crippen molar-refractivity contribution in [3.63, 3.8) is 0 Å². The third-order valence-corrected chi connectivity index (χ3v) is 10.1. The first-order valence-corrected chi connectivity index (χ1v) is 18.1. The van der Waals surface area contributed by atoms with Gasteiger partial charge in [-0.05, 0) is 79.9 Å². The van der Waals surface area contributed by atoms with E-state index in [1.807, 2.05) is 60.7 Å². The van der Waals surface area contributed by atoms with Crippen molar-refractivity contribution in [3.8, 4) is 67.5 Å². The maximum atomic E-state index is 4.97. The molecule has 0 amide bonds. The highest BCUT2D eigenvalue weighted by molar-refractivity contribution is 5.90. The van der Waals surface area contributed by atoms with E-state index in [0.717, 1.165) is 27.8 Å². The highest BCUT2D eigenvalue weighted by Gasteiger charge is 2.30. The Hall–Kier alpha value is -6.71. The standard InChI is InChI=1S/C50H37N3/c1-50(2)33-45(44-32-41(27-28-46(44)50)34-15-6-3-7-16-34)42-25-13-23-39(30-42)37-21-12-22-38(29-37)40-24-14-26-43(31-40)49-52-47(35-17-8-4-9-18-35)51-48(53-49)36-19-10-5-11-20-36/h3-33H,1-2H3. The van der Waals surface area contributed by atoms with Crippen LogP contribution in [-0.4, -0.2) is 15.0 Å². The SMILES string of the molecule is CC1(C)C=C(c2cccc(-c3cccc(-c4cccc(-c5nc(-c6ccccc6)nc(-c6ccccc6)n5)c4)c3)c2)c2cc(-c3ccccc3)ccc21. The Kier molecular flexibility index (Phi) is 8.17. The lowest BCUT2D eigenvalue weighted by Gasteiger charge is -2.18. The molecule has 0 atom stereocenters. The van der Waals surface area contributed by atoms with Gasteiger partial charge in [-0.2, -0.15) is 0 Å². The second-order valence-corrected chi connectivity index (χ2v) is 14.2. The summed E-state index contributed by atoms with van der Waals surface area (Å²) in [4.78, 5) is 14.8. The summed E-state index contributed by atoms with van der Waals surface area (Å²) in [5, 5.41) is 0. The summed E-state index contributed by atoms with van der Waals surface area (Å²) in [5.41, 5.74) is 15.1. The molecule has 0 N–H and O–H groups in total. The molecule has 1 aliphatic rings. The zero-order valence-electron chi connectivity index (χ0n) is 29.7. The van der Waals surface area contributed by atoms with Crippen LogP contribution in [0.3, 0.4) is 0 Å². The van der Waals surface area contributed by atoms with Crippen molar-refractivity contribution in [3.05, 3.63) is 205 Å². The van der Waals surface area contributed by atoms with Gasteiger partial charge in [-0.1, -0.05) is 178 Å². The first-order chi connectivity index (χ1) is 26.0. The molecule has 1 aromatic heterocycles. The second-order valence-electron chi connectivity index (χ2n) is 14.2. The molecule has 0 bridgehead atoms. The van der Waals surface area contributed by atoms with Crippen LogP contribution in [0, 0.1) is 0 Å². The fraction of sp³-hybridized carbons (Fsp3) is 0.0600. The number of aromatic nitrogens is 3. The maximum absolute atomic E-state index is 4.97. The van der Waals surface area contributed by atoms with Crippen LogP contribution in [0.15, 0.2) is 188 Å². The van der Waals surface area contributed by atoms with Gasteiger partial charge in [0.15, 0.2) is 17.5 Å². The number of benzene rings is 7. The van der Waals surface area contributed by atoms with Gasteiger partial charge in [0.25, 0.3) is 0 Å². The fourth-order valence-corrected chi connectivity index (χ4v) is 7.41. The van der Waals surface area contributed by atoms with Crippen molar-refractivity contribution in [2.24, 2.45) is 0 Å². The molecule has 0 fully saturated rings. The lowest BCUT2D eigenvalue weighted by molar-refractivity contribution is 0.683. The van der Waals surface area contributed by atoms with E-state index in [1.165, 1.54) is 44.5 Å². The Morgan fingerprint density at radius 2 is 0.698 bits per heavy atom. The van der Waals surface area contributed by atoms with E-state index in [-0.39, 0.29) is 5.41 Å². The van der Waals surface area contributed by atoms with Gasteiger partial charge in [-0.25, -0.2) is 15.0 Å². The minimum Gasteiger partial charge on any atom is -0.208 e. The Labute approximate surface area is 311 Å². The quantitative estimate of drug-likeness (QED) is 0.168. The molecule has 9 rings (SSSR count). The van der Waals surface area contributed by atoms with Crippen molar-refractivity contribution in [2.75, 3.05) is 0 Å². The first kappa shape index (κ1) is 32.2. The summed E-state index contributed by atoms with van der Waals surface area (Å²) in [6.45, 7) is 4.62. The molecule has 0 radical (unpaired) electrons. The van der Waals surface area contributed by atoms with Gasteiger partial charge in [0.1, 0.15) is 0 Å². The van der Waals surface area contributed by atoms with Crippen molar-refractivity contribution < 1.29 is 0 Å². The molecule has 0 saturated heterocycles. The summed E-state index contributed by atoms with van der Waals surface area (Å²) >= 11 is 0. The smallest absolute Gasteiger partial charge is 0.164 e. The molecule has 1 aliphatic carbocycles. The van der Waals surface area contributed by atoms with Gasteiger partial charge in [-0.3, -0.25) is 0 Å². The van der Waals surface area contributed by atoms with E-state index >= 15 is 0 Å². The molecule has 252 valence electrons. The Bertz CT molecular complexity index is 2570. The van der Waals surface area contributed by atoms with Crippen LogP contribution in [0.25, 0.3) is 73.1 Å². The number of rotatable bonds is 7. The average molecular weight is 680 g/mol. The number of hydrogen-bond donors (Lipinski definition) is 0. The van der Waals surface area contributed by atoms with Crippen LogP contribution in [-0.2, 0) is 5.41 Å². The van der Waals surface area contributed by atoms with Crippen LogP contribution in [0.4, 0.5) is 0 Å². The molecule has 3 heteroatoms. The lowest BCUT2D eigenvalue weighted by Crippen LogP contribution is -2.10. The minimum atomic E-state index is -0.0525.